The van der Waals surface area contributed by atoms with Gasteiger partial charge in [0, 0.05) is 23.6 Å². The van der Waals surface area contributed by atoms with E-state index in [0.717, 1.165) is 14.9 Å². The first-order chi connectivity index (χ1) is 12.0. The van der Waals surface area contributed by atoms with E-state index >= 15 is 0 Å². The monoisotopic (exact) mass is 403 g/mol. The van der Waals surface area contributed by atoms with Crippen LogP contribution in [0.5, 0.6) is 5.75 Å². The topological polar surface area (TPSA) is 81.7 Å². The van der Waals surface area contributed by atoms with Gasteiger partial charge in [0.05, 0.1) is 11.6 Å². The van der Waals surface area contributed by atoms with Gasteiger partial charge in [-0.2, -0.15) is 0 Å². The van der Waals surface area contributed by atoms with Crippen molar-refractivity contribution in [3.05, 3.63) is 58.6 Å². The molecule has 1 aliphatic heterocycles. The fourth-order valence-electron chi connectivity index (χ4n) is 2.46. The predicted molar refractivity (Wildman–Crippen MR) is 94.0 cm³/mol. The highest BCUT2D eigenvalue weighted by Gasteiger charge is 2.32. The molecule has 1 heterocycles. The van der Waals surface area contributed by atoms with Gasteiger partial charge in [-0.25, -0.2) is 0 Å². The molecule has 1 aliphatic rings. The number of likely N-dealkylation sites (tertiary alicyclic amines) is 1. The fraction of sp³-hybridized carbons (Fsp3) is 0.222. The molecule has 25 heavy (non-hydrogen) atoms. The van der Waals surface area contributed by atoms with Gasteiger partial charge in [-0.1, -0.05) is 30.3 Å². The number of carboxylic acid groups (broad SMARTS) is 1. The van der Waals surface area contributed by atoms with Crippen molar-refractivity contribution in [2.45, 2.75) is 6.61 Å². The number of carbonyl (C=O) groups is 2. The molecule has 0 radical (unpaired) electrons. The zero-order chi connectivity index (χ0) is 17.8. The lowest BCUT2D eigenvalue weighted by atomic mass is 10.00. The van der Waals surface area contributed by atoms with Crippen LogP contribution in [0.1, 0.15) is 5.56 Å². The number of hydrogen-bond donors (Lipinski definition) is 1. The van der Waals surface area contributed by atoms with Crippen LogP contribution in [-0.4, -0.2) is 30.0 Å². The maximum absolute atomic E-state index is 12.2. The van der Waals surface area contributed by atoms with Gasteiger partial charge in [0.15, 0.2) is 0 Å². The third-order valence-corrected chi connectivity index (χ3v) is 4.65. The number of ether oxygens (including phenoxy) is 1. The molecule has 2 aromatic rings. The maximum Gasteiger partial charge on any atom is 0.231 e. The number of amides is 2. The molecule has 7 heteroatoms. The molecule has 0 atom stereocenters. The molecule has 1 saturated heterocycles. The van der Waals surface area contributed by atoms with Gasteiger partial charge in [0.2, 0.25) is 5.91 Å². The van der Waals surface area contributed by atoms with Gasteiger partial charge in [-0.3, -0.25) is 4.79 Å². The molecule has 0 aromatic heterocycles. The van der Waals surface area contributed by atoms with Crippen LogP contribution in [0.4, 0.5) is 10.5 Å². The second-order valence-corrected chi connectivity index (χ2v) is 6.63. The molecule has 130 valence electrons. The summed E-state index contributed by atoms with van der Waals surface area (Å²) in [7, 11) is 0. The van der Waals surface area contributed by atoms with Crippen LogP contribution in [0, 0.1) is 5.92 Å². The second-order valence-electron chi connectivity index (χ2n) is 5.77. The number of nitrogens with zero attached hydrogens (tertiary/aromatic N) is 1. The van der Waals surface area contributed by atoms with Crippen LogP contribution < -0.4 is 15.2 Å². The van der Waals surface area contributed by atoms with Crippen LogP contribution in [0.15, 0.2) is 53.0 Å². The van der Waals surface area contributed by atoms with Crippen LogP contribution in [-0.2, 0) is 11.4 Å². The van der Waals surface area contributed by atoms with Crippen molar-refractivity contribution >= 4 is 33.6 Å². The van der Waals surface area contributed by atoms with E-state index in [2.05, 4.69) is 21.2 Å². The van der Waals surface area contributed by atoms with E-state index in [-0.39, 0.29) is 24.9 Å². The van der Waals surface area contributed by atoms with E-state index in [0.29, 0.717) is 18.0 Å². The summed E-state index contributed by atoms with van der Waals surface area (Å²) in [6.07, 6.45) is -1.25. The third kappa shape index (κ3) is 4.30. The number of hydrogen-bond acceptors (Lipinski definition) is 4. The Hall–Kier alpha value is -2.54. The first-order valence-corrected chi connectivity index (χ1v) is 8.55. The highest BCUT2D eigenvalue weighted by molar-refractivity contribution is 9.10. The van der Waals surface area contributed by atoms with Gasteiger partial charge < -0.3 is 24.9 Å². The van der Waals surface area contributed by atoms with Gasteiger partial charge in [0.25, 0.3) is 0 Å². The normalized spacial score (nSPS) is 13.9. The van der Waals surface area contributed by atoms with E-state index in [1.165, 1.54) is 0 Å². The molecule has 0 aliphatic carbocycles. The molecule has 1 fully saturated rings. The summed E-state index contributed by atoms with van der Waals surface area (Å²) >= 11 is 3.39. The summed E-state index contributed by atoms with van der Waals surface area (Å²) in [4.78, 5) is 23.9. The lowest BCUT2D eigenvalue weighted by Gasteiger charge is -2.39. The van der Waals surface area contributed by atoms with Crippen LogP contribution in [0.3, 0.4) is 0 Å². The quantitative estimate of drug-likeness (QED) is 0.829. The summed E-state index contributed by atoms with van der Waals surface area (Å²) in [6, 6.07) is 15.1. The highest BCUT2D eigenvalue weighted by Crippen LogP contribution is 2.29. The number of nitrogens with one attached hydrogen (secondary N) is 1. The minimum absolute atomic E-state index is 0.163. The second kappa shape index (κ2) is 7.57. The number of carbonyl (C=O) groups excluding carboxylic acids is 2. The van der Waals surface area contributed by atoms with Gasteiger partial charge >= 0.3 is 0 Å². The standard InChI is InChI=1S/C18H17BrN2O4/c19-15-7-6-14(25-11-12-4-2-1-3-5-12)8-16(15)20-17(22)13-9-21(10-13)18(23)24/h1-8,13H,9-11H2,(H,20,22)(H,23,24)/p-1. The number of anilines is 1. The van der Waals surface area contributed by atoms with Crippen molar-refractivity contribution in [1.29, 1.82) is 0 Å². The van der Waals surface area contributed by atoms with E-state index in [1.54, 1.807) is 12.1 Å². The van der Waals surface area contributed by atoms with Crippen molar-refractivity contribution in [2.75, 3.05) is 18.4 Å². The Morgan fingerprint density at radius 3 is 2.60 bits per heavy atom. The smallest absolute Gasteiger partial charge is 0.231 e. The Morgan fingerprint density at radius 1 is 1.20 bits per heavy atom. The van der Waals surface area contributed by atoms with Crippen molar-refractivity contribution in [3.63, 3.8) is 0 Å². The van der Waals surface area contributed by atoms with Crippen molar-refractivity contribution in [2.24, 2.45) is 5.92 Å². The molecule has 1 N–H and O–H groups in total. The largest absolute Gasteiger partial charge is 0.530 e. The minimum Gasteiger partial charge on any atom is -0.530 e. The Balaban J connectivity index is 1.60. The molecule has 2 aromatic carbocycles. The zero-order valence-electron chi connectivity index (χ0n) is 13.3. The van der Waals surface area contributed by atoms with E-state index in [9.17, 15) is 14.7 Å². The van der Waals surface area contributed by atoms with Crippen LogP contribution in [0.25, 0.3) is 0 Å². The average molecular weight is 404 g/mol. The summed E-state index contributed by atoms with van der Waals surface area (Å²) in [5, 5.41) is 13.5. The van der Waals surface area contributed by atoms with Crippen molar-refractivity contribution in [3.8, 4) is 5.75 Å². The number of benzene rings is 2. The molecular formula is C18H16BrN2O4-. The highest BCUT2D eigenvalue weighted by atomic mass is 79.9. The predicted octanol–water partition coefficient (Wildman–Crippen LogP) is 2.24. The van der Waals surface area contributed by atoms with Gasteiger partial charge in [-0.15, -0.1) is 0 Å². The SMILES string of the molecule is O=C(Nc1cc(OCc2ccccc2)ccc1Br)C1CN(C(=O)[O-])C1. The van der Waals surface area contributed by atoms with Crippen LogP contribution in [0.2, 0.25) is 0 Å². The molecule has 0 bridgehead atoms. The first kappa shape index (κ1) is 17.3. The fourth-order valence-corrected chi connectivity index (χ4v) is 2.80. The lowest BCUT2D eigenvalue weighted by Crippen LogP contribution is -2.58. The molecular weight excluding hydrogens is 388 g/mol. The molecule has 2 amide bonds. The first-order valence-electron chi connectivity index (χ1n) is 7.76. The Bertz CT molecular complexity index is 776. The summed E-state index contributed by atoms with van der Waals surface area (Å²) < 4.78 is 6.48. The van der Waals surface area contributed by atoms with E-state index in [4.69, 9.17) is 4.74 Å². The minimum atomic E-state index is -1.25. The lowest BCUT2D eigenvalue weighted by molar-refractivity contribution is -0.271. The Labute approximate surface area is 153 Å². The molecule has 0 spiro atoms. The Morgan fingerprint density at radius 2 is 1.92 bits per heavy atom. The molecule has 6 nitrogen and oxygen atoms in total. The van der Waals surface area contributed by atoms with Gasteiger partial charge in [0.1, 0.15) is 18.4 Å². The third-order valence-electron chi connectivity index (χ3n) is 3.95. The van der Waals surface area contributed by atoms with Gasteiger partial charge in [-0.05, 0) is 33.6 Å². The van der Waals surface area contributed by atoms with Crippen molar-refractivity contribution in [1.82, 2.24) is 4.90 Å². The van der Waals surface area contributed by atoms with Crippen molar-refractivity contribution < 1.29 is 19.4 Å². The summed E-state index contributed by atoms with van der Waals surface area (Å²) in [5.74, 6) is 0.0458. The summed E-state index contributed by atoms with van der Waals surface area (Å²) in [6.45, 7) is 0.755. The summed E-state index contributed by atoms with van der Waals surface area (Å²) in [5.41, 5.74) is 1.63. The molecule has 3 rings (SSSR count). The number of halogens is 1. The van der Waals surface area contributed by atoms with E-state index < -0.39 is 6.09 Å². The Kier molecular flexibility index (Phi) is 5.23. The molecule has 0 saturated carbocycles. The zero-order valence-corrected chi connectivity index (χ0v) is 14.9. The maximum atomic E-state index is 12.2. The molecule has 0 unspecified atom stereocenters. The van der Waals surface area contributed by atoms with E-state index in [1.807, 2.05) is 36.4 Å². The average Bonchev–Trinajstić information content (AvgIpc) is 2.55. The van der Waals surface area contributed by atoms with Crippen LogP contribution >= 0.6 is 15.9 Å². The number of rotatable bonds is 5.